The molecular weight excluding hydrogens is 406 g/mol. The molecule has 1 aliphatic rings. The molecule has 0 bridgehead atoms. The van der Waals surface area contributed by atoms with Crippen molar-refractivity contribution in [3.05, 3.63) is 47.1 Å². The molecule has 9 heteroatoms. The van der Waals surface area contributed by atoms with Gasteiger partial charge in [0, 0.05) is 31.4 Å². The van der Waals surface area contributed by atoms with Gasteiger partial charge in [0.25, 0.3) is 0 Å². The largest absolute Gasteiger partial charge is 0.493 e. The number of fused-ring (bicyclic) bond motifs is 1. The highest BCUT2D eigenvalue weighted by atomic mass is 35.5. The van der Waals surface area contributed by atoms with Gasteiger partial charge in [0.05, 0.1) is 25.2 Å². The van der Waals surface area contributed by atoms with Crippen LogP contribution in [0.3, 0.4) is 0 Å². The molecule has 1 fully saturated rings. The number of aromatic nitrogens is 3. The van der Waals surface area contributed by atoms with E-state index in [0.29, 0.717) is 35.6 Å². The SMILES string of the molecule is COc1cccc(CNC(=O)C2CCCN(c3nnc4ccc(Cl)cn34)C2)c1OC. The molecule has 2 aromatic heterocycles. The molecule has 1 N–H and O–H groups in total. The van der Waals surface area contributed by atoms with Crippen LogP contribution in [-0.4, -0.2) is 47.8 Å². The number of halogens is 1. The number of hydrogen-bond donors (Lipinski definition) is 1. The molecule has 3 heterocycles. The molecule has 158 valence electrons. The Bertz CT molecular complexity index is 1050. The fraction of sp³-hybridized carbons (Fsp3) is 0.381. The first kappa shape index (κ1) is 20.3. The summed E-state index contributed by atoms with van der Waals surface area (Å²) in [6.45, 7) is 1.77. The number of carbonyl (C=O) groups excluding carboxylic acids is 1. The molecule has 1 aromatic carbocycles. The lowest BCUT2D eigenvalue weighted by atomic mass is 9.97. The number of para-hydroxylation sites is 1. The zero-order valence-corrected chi connectivity index (χ0v) is 17.7. The van der Waals surface area contributed by atoms with Crippen LogP contribution in [-0.2, 0) is 11.3 Å². The maximum atomic E-state index is 12.9. The standard InChI is InChI=1S/C21H24ClN5O3/c1-29-17-7-3-5-14(19(17)30-2)11-23-20(28)15-6-4-10-26(12-15)21-25-24-18-9-8-16(22)13-27(18)21/h3,5,7-9,13,15H,4,6,10-12H2,1-2H3,(H,23,28). The van der Waals surface area contributed by atoms with Crippen molar-refractivity contribution >= 4 is 29.1 Å². The number of amides is 1. The van der Waals surface area contributed by atoms with Gasteiger partial charge in [0.2, 0.25) is 11.9 Å². The average Bonchev–Trinajstić information content (AvgIpc) is 3.20. The van der Waals surface area contributed by atoms with Gasteiger partial charge in [-0.2, -0.15) is 0 Å². The maximum absolute atomic E-state index is 12.9. The van der Waals surface area contributed by atoms with Crippen LogP contribution in [0.5, 0.6) is 11.5 Å². The minimum atomic E-state index is -0.137. The molecule has 1 unspecified atom stereocenters. The summed E-state index contributed by atoms with van der Waals surface area (Å²) in [4.78, 5) is 15.0. The van der Waals surface area contributed by atoms with E-state index in [2.05, 4.69) is 20.4 Å². The van der Waals surface area contributed by atoms with Crippen LogP contribution in [0, 0.1) is 5.92 Å². The molecule has 4 rings (SSSR count). The molecule has 0 spiro atoms. The van der Waals surface area contributed by atoms with Gasteiger partial charge in [-0.05, 0) is 31.0 Å². The van der Waals surface area contributed by atoms with E-state index >= 15 is 0 Å². The number of hydrogen-bond acceptors (Lipinski definition) is 6. The first-order chi connectivity index (χ1) is 14.6. The van der Waals surface area contributed by atoms with E-state index in [-0.39, 0.29) is 11.8 Å². The van der Waals surface area contributed by atoms with Crippen molar-refractivity contribution in [1.82, 2.24) is 19.9 Å². The molecule has 1 saturated heterocycles. The van der Waals surface area contributed by atoms with Gasteiger partial charge in [-0.3, -0.25) is 9.20 Å². The summed E-state index contributed by atoms with van der Waals surface area (Å²) in [7, 11) is 3.19. The van der Waals surface area contributed by atoms with Gasteiger partial charge in [0.15, 0.2) is 17.1 Å². The quantitative estimate of drug-likeness (QED) is 0.648. The first-order valence-electron chi connectivity index (χ1n) is 9.83. The van der Waals surface area contributed by atoms with Crippen LogP contribution < -0.4 is 19.7 Å². The summed E-state index contributed by atoms with van der Waals surface area (Å²) in [5, 5.41) is 12.2. The predicted octanol–water partition coefficient (Wildman–Crippen LogP) is 2.93. The van der Waals surface area contributed by atoms with Crippen LogP contribution in [0.4, 0.5) is 5.95 Å². The highest BCUT2D eigenvalue weighted by Crippen LogP contribution is 2.30. The summed E-state index contributed by atoms with van der Waals surface area (Å²) in [6, 6.07) is 9.25. The topological polar surface area (TPSA) is 81.0 Å². The van der Waals surface area contributed by atoms with Crippen LogP contribution in [0.2, 0.25) is 5.02 Å². The summed E-state index contributed by atoms with van der Waals surface area (Å²) in [6.07, 6.45) is 3.52. The minimum Gasteiger partial charge on any atom is -0.493 e. The van der Waals surface area contributed by atoms with Crippen LogP contribution in [0.1, 0.15) is 18.4 Å². The van der Waals surface area contributed by atoms with Gasteiger partial charge in [-0.1, -0.05) is 23.7 Å². The van der Waals surface area contributed by atoms with E-state index < -0.39 is 0 Å². The Morgan fingerprint density at radius 3 is 2.90 bits per heavy atom. The second-order valence-electron chi connectivity index (χ2n) is 7.23. The number of anilines is 1. The highest BCUT2D eigenvalue weighted by molar-refractivity contribution is 6.30. The summed E-state index contributed by atoms with van der Waals surface area (Å²) in [5.41, 5.74) is 1.60. The van der Waals surface area contributed by atoms with Crippen molar-refractivity contribution in [2.75, 3.05) is 32.2 Å². The second-order valence-corrected chi connectivity index (χ2v) is 7.67. The van der Waals surface area contributed by atoms with Crippen molar-refractivity contribution < 1.29 is 14.3 Å². The van der Waals surface area contributed by atoms with Crippen molar-refractivity contribution in [3.63, 3.8) is 0 Å². The van der Waals surface area contributed by atoms with Gasteiger partial charge in [0.1, 0.15) is 0 Å². The summed E-state index contributed by atoms with van der Waals surface area (Å²) in [5.74, 6) is 1.86. The van der Waals surface area contributed by atoms with Gasteiger partial charge in [-0.25, -0.2) is 0 Å². The highest BCUT2D eigenvalue weighted by Gasteiger charge is 2.28. The second kappa shape index (κ2) is 8.79. The summed E-state index contributed by atoms with van der Waals surface area (Å²) >= 11 is 6.13. The number of nitrogens with zero attached hydrogens (tertiary/aromatic N) is 4. The Morgan fingerprint density at radius 2 is 2.10 bits per heavy atom. The number of rotatable bonds is 6. The zero-order valence-electron chi connectivity index (χ0n) is 17.0. The molecule has 0 saturated carbocycles. The molecule has 3 aromatic rings. The van der Waals surface area contributed by atoms with E-state index in [1.165, 1.54) is 0 Å². The number of pyridine rings is 1. The number of nitrogens with one attached hydrogen (secondary N) is 1. The fourth-order valence-corrected chi connectivity index (χ4v) is 4.02. The molecular formula is C21H24ClN5O3. The Kier molecular flexibility index (Phi) is 5.94. The van der Waals surface area contributed by atoms with E-state index in [0.717, 1.165) is 30.6 Å². The lowest BCUT2D eigenvalue weighted by Gasteiger charge is -2.32. The number of methoxy groups -OCH3 is 2. The van der Waals surface area contributed by atoms with E-state index in [1.54, 1.807) is 26.5 Å². The van der Waals surface area contributed by atoms with E-state index in [4.69, 9.17) is 21.1 Å². The molecule has 8 nitrogen and oxygen atoms in total. The number of benzene rings is 1. The van der Waals surface area contributed by atoms with Crippen LogP contribution in [0.15, 0.2) is 36.5 Å². The van der Waals surface area contributed by atoms with Gasteiger partial charge < -0.3 is 19.7 Å². The first-order valence-corrected chi connectivity index (χ1v) is 10.2. The number of piperidine rings is 1. The number of ether oxygens (including phenoxy) is 2. The van der Waals surface area contributed by atoms with Crippen LogP contribution in [0.25, 0.3) is 5.65 Å². The lowest BCUT2D eigenvalue weighted by Crippen LogP contribution is -2.43. The van der Waals surface area contributed by atoms with Crippen molar-refractivity contribution in [2.24, 2.45) is 5.92 Å². The molecule has 0 radical (unpaired) electrons. The minimum absolute atomic E-state index is 0.0106. The Labute approximate surface area is 179 Å². The lowest BCUT2D eigenvalue weighted by molar-refractivity contribution is -0.125. The third-order valence-electron chi connectivity index (χ3n) is 5.36. The van der Waals surface area contributed by atoms with Gasteiger partial charge >= 0.3 is 0 Å². The molecule has 30 heavy (non-hydrogen) atoms. The predicted molar refractivity (Wildman–Crippen MR) is 114 cm³/mol. The Morgan fingerprint density at radius 1 is 1.23 bits per heavy atom. The van der Waals surface area contributed by atoms with Crippen molar-refractivity contribution in [3.8, 4) is 11.5 Å². The Hall–Kier alpha value is -3.00. The molecule has 1 amide bonds. The van der Waals surface area contributed by atoms with Crippen LogP contribution >= 0.6 is 11.6 Å². The van der Waals surface area contributed by atoms with Crippen molar-refractivity contribution in [1.29, 1.82) is 0 Å². The third kappa shape index (κ3) is 4.00. The number of carbonyl (C=O) groups is 1. The molecule has 1 aliphatic heterocycles. The monoisotopic (exact) mass is 429 g/mol. The van der Waals surface area contributed by atoms with E-state index in [1.807, 2.05) is 28.7 Å². The Balaban J connectivity index is 1.45. The summed E-state index contributed by atoms with van der Waals surface area (Å²) < 4.78 is 12.6. The molecule has 0 aliphatic carbocycles. The molecule has 1 atom stereocenters. The van der Waals surface area contributed by atoms with Crippen molar-refractivity contribution in [2.45, 2.75) is 19.4 Å². The smallest absolute Gasteiger partial charge is 0.231 e. The third-order valence-corrected chi connectivity index (χ3v) is 5.58. The van der Waals surface area contributed by atoms with E-state index in [9.17, 15) is 4.79 Å². The normalized spacial score (nSPS) is 16.5. The maximum Gasteiger partial charge on any atom is 0.231 e. The fourth-order valence-electron chi connectivity index (χ4n) is 3.86. The van der Waals surface area contributed by atoms with Gasteiger partial charge in [-0.15, -0.1) is 10.2 Å². The average molecular weight is 430 g/mol. The zero-order chi connectivity index (χ0) is 21.1.